The van der Waals surface area contributed by atoms with Gasteiger partial charge < -0.3 is 14.2 Å². The highest BCUT2D eigenvalue weighted by Crippen LogP contribution is 2.47. The quantitative estimate of drug-likeness (QED) is 0.855. The van der Waals surface area contributed by atoms with E-state index in [4.69, 9.17) is 9.26 Å². The van der Waals surface area contributed by atoms with E-state index < -0.39 is 0 Å². The molecule has 25 heavy (non-hydrogen) atoms. The van der Waals surface area contributed by atoms with Gasteiger partial charge in [0.25, 0.3) is 5.95 Å². The van der Waals surface area contributed by atoms with Gasteiger partial charge in [-0.3, -0.25) is 4.90 Å². The van der Waals surface area contributed by atoms with Gasteiger partial charge in [-0.15, -0.1) is 0 Å². The van der Waals surface area contributed by atoms with Crippen molar-refractivity contribution in [3.8, 4) is 5.75 Å². The number of rotatable bonds is 3. The van der Waals surface area contributed by atoms with E-state index in [9.17, 15) is 0 Å². The molecule has 132 valence electrons. The van der Waals surface area contributed by atoms with Gasteiger partial charge in [0.15, 0.2) is 0 Å². The van der Waals surface area contributed by atoms with Crippen molar-refractivity contribution < 1.29 is 9.26 Å². The van der Waals surface area contributed by atoms with E-state index in [1.807, 2.05) is 13.0 Å². The van der Waals surface area contributed by atoms with Crippen LogP contribution < -0.4 is 9.64 Å². The zero-order valence-electron chi connectivity index (χ0n) is 14.8. The Morgan fingerprint density at radius 2 is 2.04 bits per heavy atom. The SMILES string of the molecule is COc1cccc([C@H]2CN(c3noc(C)n3)[C@H]3C4CCN(CC4)[C@@H]23)c1. The van der Waals surface area contributed by atoms with Crippen molar-refractivity contribution in [2.45, 2.75) is 37.8 Å². The lowest BCUT2D eigenvalue weighted by Crippen LogP contribution is -2.60. The fourth-order valence-electron chi connectivity index (χ4n) is 5.22. The molecule has 0 amide bonds. The molecular formula is C19H24N4O2. The first kappa shape index (κ1) is 15.2. The molecule has 4 aliphatic rings. The zero-order valence-corrected chi connectivity index (χ0v) is 14.8. The predicted molar refractivity (Wildman–Crippen MR) is 94.0 cm³/mol. The van der Waals surface area contributed by atoms with Gasteiger partial charge in [0.1, 0.15) is 5.75 Å². The summed E-state index contributed by atoms with van der Waals surface area (Å²) in [5.74, 6) is 3.49. The average Bonchev–Trinajstić information content (AvgIpc) is 3.27. The molecule has 1 aromatic heterocycles. The molecular weight excluding hydrogens is 316 g/mol. The first-order valence-electron chi connectivity index (χ1n) is 9.19. The number of hydrogen-bond acceptors (Lipinski definition) is 6. The fourth-order valence-corrected chi connectivity index (χ4v) is 5.22. The molecule has 2 bridgehead atoms. The summed E-state index contributed by atoms with van der Waals surface area (Å²) in [6.07, 6.45) is 2.55. The second-order valence-corrected chi connectivity index (χ2v) is 7.50. The van der Waals surface area contributed by atoms with Crippen LogP contribution in [0.3, 0.4) is 0 Å². The third-order valence-corrected chi connectivity index (χ3v) is 6.29. The van der Waals surface area contributed by atoms with Gasteiger partial charge in [0, 0.05) is 25.4 Å². The Labute approximate surface area is 147 Å². The lowest BCUT2D eigenvalue weighted by atomic mass is 9.75. The Balaban J connectivity index is 1.55. The van der Waals surface area contributed by atoms with Crippen LogP contribution in [0.1, 0.15) is 30.2 Å². The first-order valence-corrected chi connectivity index (χ1v) is 9.19. The van der Waals surface area contributed by atoms with Gasteiger partial charge in [-0.1, -0.05) is 12.1 Å². The smallest absolute Gasteiger partial charge is 0.266 e. The molecule has 6 nitrogen and oxygen atoms in total. The summed E-state index contributed by atoms with van der Waals surface area (Å²) in [5.41, 5.74) is 1.35. The number of piperidine rings is 3. The monoisotopic (exact) mass is 340 g/mol. The summed E-state index contributed by atoms with van der Waals surface area (Å²) in [6, 6.07) is 9.55. The summed E-state index contributed by atoms with van der Waals surface area (Å²) in [4.78, 5) is 9.62. The number of aryl methyl sites for hydroxylation is 1. The number of ether oxygens (including phenoxy) is 1. The van der Waals surface area contributed by atoms with Gasteiger partial charge in [0.05, 0.1) is 13.2 Å². The topological polar surface area (TPSA) is 54.6 Å². The summed E-state index contributed by atoms with van der Waals surface area (Å²) in [7, 11) is 1.73. The molecule has 4 saturated heterocycles. The van der Waals surface area contributed by atoms with Crippen LogP contribution in [0.25, 0.3) is 0 Å². The van der Waals surface area contributed by atoms with Crippen molar-refractivity contribution >= 4 is 5.95 Å². The maximum absolute atomic E-state index is 5.46. The van der Waals surface area contributed by atoms with Crippen LogP contribution in [-0.2, 0) is 0 Å². The minimum absolute atomic E-state index is 0.446. The number of anilines is 1. The van der Waals surface area contributed by atoms with Crippen molar-refractivity contribution in [1.29, 1.82) is 0 Å². The van der Waals surface area contributed by atoms with E-state index in [2.05, 4.69) is 38.1 Å². The molecule has 0 radical (unpaired) electrons. The highest BCUT2D eigenvalue weighted by molar-refractivity contribution is 5.43. The molecule has 4 fully saturated rings. The van der Waals surface area contributed by atoms with E-state index in [1.165, 1.54) is 31.5 Å². The predicted octanol–water partition coefficient (Wildman–Crippen LogP) is 2.45. The van der Waals surface area contributed by atoms with Crippen LogP contribution in [0.15, 0.2) is 28.8 Å². The third kappa shape index (κ3) is 2.34. The molecule has 6 rings (SSSR count). The minimum atomic E-state index is 0.446. The van der Waals surface area contributed by atoms with E-state index in [0.717, 1.165) is 24.2 Å². The molecule has 6 heteroatoms. The largest absolute Gasteiger partial charge is 0.497 e. The van der Waals surface area contributed by atoms with Gasteiger partial charge >= 0.3 is 0 Å². The van der Waals surface area contributed by atoms with E-state index in [-0.39, 0.29) is 0 Å². The number of aromatic nitrogens is 2. The molecule has 0 saturated carbocycles. The van der Waals surface area contributed by atoms with Crippen LogP contribution in [-0.4, -0.2) is 53.9 Å². The van der Waals surface area contributed by atoms with Gasteiger partial charge in [-0.25, -0.2) is 0 Å². The maximum Gasteiger partial charge on any atom is 0.266 e. The van der Waals surface area contributed by atoms with Gasteiger partial charge in [0.2, 0.25) is 5.89 Å². The molecule has 0 N–H and O–H groups in total. The van der Waals surface area contributed by atoms with Crippen molar-refractivity contribution in [2.24, 2.45) is 5.92 Å². The van der Waals surface area contributed by atoms with Crippen molar-refractivity contribution in [3.05, 3.63) is 35.7 Å². The molecule has 3 atom stereocenters. The molecule has 1 aromatic carbocycles. The number of methoxy groups -OCH3 is 1. The molecule has 0 aliphatic carbocycles. The average molecular weight is 340 g/mol. The van der Waals surface area contributed by atoms with Gasteiger partial charge in [-0.05, 0) is 54.7 Å². The molecule has 0 unspecified atom stereocenters. The van der Waals surface area contributed by atoms with Crippen LogP contribution in [0.5, 0.6) is 5.75 Å². The molecule has 4 aliphatic heterocycles. The van der Waals surface area contributed by atoms with Crippen molar-refractivity contribution in [3.63, 3.8) is 0 Å². The van der Waals surface area contributed by atoms with E-state index >= 15 is 0 Å². The first-order chi connectivity index (χ1) is 12.2. The fraction of sp³-hybridized carbons (Fsp3) is 0.579. The number of nitrogens with zero attached hydrogens (tertiary/aromatic N) is 4. The third-order valence-electron chi connectivity index (χ3n) is 6.29. The normalized spacial score (nSPS) is 33.5. The molecule has 5 heterocycles. The van der Waals surface area contributed by atoms with Crippen molar-refractivity contribution in [2.75, 3.05) is 31.6 Å². The lowest BCUT2D eigenvalue weighted by Gasteiger charge is -2.51. The summed E-state index contributed by atoms with van der Waals surface area (Å²) in [5, 5.41) is 4.23. The van der Waals surface area contributed by atoms with Crippen LogP contribution >= 0.6 is 0 Å². The van der Waals surface area contributed by atoms with Gasteiger partial charge in [-0.2, -0.15) is 4.98 Å². The Hall–Kier alpha value is -2.08. The van der Waals surface area contributed by atoms with E-state index in [1.54, 1.807) is 7.11 Å². The van der Waals surface area contributed by atoms with Crippen LogP contribution in [0.4, 0.5) is 5.95 Å². The van der Waals surface area contributed by atoms with Crippen molar-refractivity contribution in [1.82, 2.24) is 15.0 Å². The summed E-state index contributed by atoms with van der Waals surface area (Å²) < 4.78 is 10.7. The Morgan fingerprint density at radius 3 is 2.76 bits per heavy atom. The zero-order chi connectivity index (χ0) is 17.0. The summed E-state index contributed by atoms with van der Waals surface area (Å²) in [6.45, 7) is 5.23. The Kier molecular flexibility index (Phi) is 3.48. The standard InChI is InChI=1S/C19H24N4O2/c1-12-20-19(21-25-12)23-11-16(14-4-3-5-15(10-14)24-2)18-17(23)13-6-8-22(18)9-7-13/h3-5,10,13,16-18H,6-9,11H2,1-2H3/t16-,17+,18+/m1/s1. The van der Waals surface area contributed by atoms with E-state index in [0.29, 0.717) is 23.9 Å². The second-order valence-electron chi connectivity index (χ2n) is 7.50. The maximum atomic E-state index is 5.46. The summed E-state index contributed by atoms with van der Waals surface area (Å²) >= 11 is 0. The molecule has 0 spiro atoms. The Morgan fingerprint density at radius 1 is 1.20 bits per heavy atom. The lowest BCUT2D eigenvalue weighted by molar-refractivity contribution is 0.0352. The Bertz CT molecular complexity index is 768. The van der Waals surface area contributed by atoms with Crippen LogP contribution in [0.2, 0.25) is 0 Å². The highest BCUT2D eigenvalue weighted by Gasteiger charge is 2.54. The highest BCUT2D eigenvalue weighted by atomic mass is 16.5. The number of fused-ring (bicyclic) bond motifs is 2. The van der Waals surface area contributed by atoms with Crippen LogP contribution in [0, 0.1) is 12.8 Å². The molecule has 2 aromatic rings. The second kappa shape index (κ2) is 5.73. The number of benzene rings is 1. The number of hydrogen-bond donors (Lipinski definition) is 0. The minimum Gasteiger partial charge on any atom is -0.497 e.